The molecule has 2 fully saturated rings. The molecule has 19 heavy (non-hydrogen) atoms. The summed E-state index contributed by atoms with van der Waals surface area (Å²) in [6, 6.07) is 3.03. The van der Waals surface area contributed by atoms with E-state index in [0.717, 1.165) is 38.6 Å². The van der Waals surface area contributed by atoms with E-state index < -0.39 is 0 Å². The maximum absolute atomic E-state index is 5.69. The van der Waals surface area contributed by atoms with Crippen molar-refractivity contribution in [3.63, 3.8) is 0 Å². The maximum atomic E-state index is 5.69. The topological polar surface area (TPSA) is 39.1 Å². The van der Waals surface area contributed by atoms with E-state index in [4.69, 9.17) is 4.74 Å². The summed E-state index contributed by atoms with van der Waals surface area (Å²) in [7, 11) is 2.06. The first-order valence-electron chi connectivity index (χ1n) is 7.54. The van der Waals surface area contributed by atoms with Gasteiger partial charge in [0.05, 0.1) is 12.3 Å². The van der Waals surface area contributed by atoms with Gasteiger partial charge in [0.1, 0.15) is 0 Å². The van der Waals surface area contributed by atoms with E-state index in [1.54, 1.807) is 0 Å². The van der Waals surface area contributed by atoms with Crippen LogP contribution in [0.1, 0.15) is 37.6 Å². The van der Waals surface area contributed by atoms with Gasteiger partial charge in [-0.05, 0) is 38.2 Å². The van der Waals surface area contributed by atoms with Gasteiger partial charge in [0.25, 0.3) is 0 Å². The highest BCUT2D eigenvalue weighted by Crippen LogP contribution is 2.33. The fourth-order valence-electron chi connectivity index (χ4n) is 2.93. The fourth-order valence-corrected chi connectivity index (χ4v) is 2.93. The monoisotopic (exact) mass is 263 g/mol. The number of nitrogens with zero attached hydrogens (tertiary/aromatic N) is 2. The molecule has 0 amide bonds. The van der Waals surface area contributed by atoms with Crippen molar-refractivity contribution in [2.24, 2.45) is 12.5 Å². The van der Waals surface area contributed by atoms with E-state index in [9.17, 15) is 0 Å². The number of aromatic nitrogens is 2. The summed E-state index contributed by atoms with van der Waals surface area (Å²) in [5.74, 6) is 0. The summed E-state index contributed by atoms with van der Waals surface area (Å²) in [6.45, 7) is 5.05. The molecule has 4 heteroatoms. The average Bonchev–Trinajstić information content (AvgIpc) is 3.03. The van der Waals surface area contributed by atoms with E-state index in [1.807, 2.05) is 0 Å². The lowest BCUT2D eigenvalue weighted by Crippen LogP contribution is -2.38. The molecule has 106 valence electrons. The fraction of sp³-hybridized carbons (Fsp3) is 0.800. The zero-order chi connectivity index (χ0) is 13.3. The number of ether oxygens (including phenoxy) is 1. The Labute approximate surface area is 115 Å². The number of hydrogen-bond acceptors (Lipinski definition) is 3. The van der Waals surface area contributed by atoms with Gasteiger partial charge in [-0.15, -0.1) is 0 Å². The normalized spacial score (nSPS) is 27.1. The second-order valence-corrected chi connectivity index (χ2v) is 6.24. The molecule has 3 rings (SSSR count). The standard InChI is InChI=1S/C15H25N3O/c1-3-12-8-14(18(2)17-12)9-15(6-7-19-11-15)10-16-13-4-5-13/h8,13,16H,3-7,9-11H2,1-2H3. The molecule has 0 aromatic carbocycles. The lowest BCUT2D eigenvalue weighted by atomic mass is 9.82. The highest BCUT2D eigenvalue weighted by molar-refractivity contribution is 5.13. The summed E-state index contributed by atoms with van der Waals surface area (Å²) in [5.41, 5.74) is 2.82. The molecule has 1 aromatic rings. The Balaban J connectivity index is 1.70. The molecule has 1 saturated heterocycles. The van der Waals surface area contributed by atoms with Gasteiger partial charge in [0.2, 0.25) is 0 Å². The highest BCUT2D eigenvalue weighted by atomic mass is 16.5. The van der Waals surface area contributed by atoms with Crippen LogP contribution in [-0.4, -0.2) is 35.6 Å². The van der Waals surface area contributed by atoms with Crippen molar-refractivity contribution < 1.29 is 4.74 Å². The van der Waals surface area contributed by atoms with Gasteiger partial charge in [-0.25, -0.2) is 0 Å². The van der Waals surface area contributed by atoms with Gasteiger partial charge >= 0.3 is 0 Å². The van der Waals surface area contributed by atoms with E-state index in [0.29, 0.717) is 0 Å². The van der Waals surface area contributed by atoms with Gasteiger partial charge in [-0.1, -0.05) is 6.92 Å². The van der Waals surface area contributed by atoms with Crippen molar-refractivity contribution in [1.82, 2.24) is 15.1 Å². The molecule has 1 unspecified atom stereocenters. The van der Waals surface area contributed by atoms with Crippen molar-refractivity contribution in [2.75, 3.05) is 19.8 Å². The van der Waals surface area contributed by atoms with Gasteiger partial charge in [-0.2, -0.15) is 5.10 Å². The lowest BCUT2D eigenvalue weighted by Gasteiger charge is -2.27. The van der Waals surface area contributed by atoms with Crippen LogP contribution in [0.5, 0.6) is 0 Å². The summed E-state index contributed by atoms with van der Waals surface area (Å²) >= 11 is 0. The zero-order valence-electron chi connectivity index (χ0n) is 12.1. The molecule has 1 aliphatic heterocycles. The Hall–Kier alpha value is -0.870. The number of nitrogens with one attached hydrogen (secondary N) is 1. The Bertz CT molecular complexity index is 431. The molecular formula is C15H25N3O. The molecule has 2 aliphatic rings. The molecular weight excluding hydrogens is 238 g/mol. The first kappa shape index (κ1) is 13.1. The SMILES string of the molecule is CCc1cc(CC2(CNC3CC3)CCOC2)n(C)n1. The Kier molecular flexibility index (Phi) is 3.63. The van der Waals surface area contributed by atoms with Crippen LogP contribution in [0, 0.1) is 5.41 Å². The Morgan fingerprint density at radius 1 is 1.53 bits per heavy atom. The van der Waals surface area contributed by atoms with Gasteiger partial charge in [0.15, 0.2) is 0 Å². The van der Waals surface area contributed by atoms with Crippen molar-refractivity contribution in [1.29, 1.82) is 0 Å². The van der Waals surface area contributed by atoms with Crippen LogP contribution < -0.4 is 5.32 Å². The minimum absolute atomic E-state index is 0.279. The van der Waals surface area contributed by atoms with Gasteiger partial charge in [0, 0.05) is 37.4 Å². The quantitative estimate of drug-likeness (QED) is 0.849. The third kappa shape index (κ3) is 3.00. The van der Waals surface area contributed by atoms with Crippen LogP contribution in [0.3, 0.4) is 0 Å². The molecule has 1 N–H and O–H groups in total. The number of rotatable bonds is 6. The Morgan fingerprint density at radius 3 is 2.95 bits per heavy atom. The lowest BCUT2D eigenvalue weighted by molar-refractivity contribution is 0.148. The molecule has 2 heterocycles. The third-order valence-electron chi connectivity index (χ3n) is 4.47. The number of hydrogen-bond donors (Lipinski definition) is 1. The molecule has 0 radical (unpaired) electrons. The minimum Gasteiger partial charge on any atom is -0.381 e. The van der Waals surface area contributed by atoms with Crippen molar-refractivity contribution in [2.45, 2.75) is 45.1 Å². The average molecular weight is 263 g/mol. The molecule has 1 aliphatic carbocycles. The van der Waals surface area contributed by atoms with Crippen molar-refractivity contribution >= 4 is 0 Å². The summed E-state index contributed by atoms with van der Waals surface area (Å²) < 4.78 is 7.74. The first-order chi connectivity index (χ1) is 9.21. The van der Waals surface area contributed by atoms with Crippen molar-refractivity contribution in [3.8, 4) is 0 Å². The molecule has 4 nitrogen and oxygen atoms in total. The Morgan fingerprint density at radius 2 is 2.37 bits per heavy atom. The van der Waals surface area contributed by atoms with Crippen LogP contribution in [0.15, 0.2) is 6.07 Å². The van der Waals surface area contributed by atoms with E-state index in [1.165, 1.54) is 30.7 Å². The van der Waals surface area contributed by atoms with Crippen LogP contribution in [0.4, 0.5) is 0 Å². The van der Waals surface area contributed by atoms with Gasteiger partial charge in [-0.3, -0.25) is 4.68 Å². The summed E-state index contributed by atoms with van der Waals surface area (Å²) in [4.78, 5) is 0. The predicted molar refractivity (Wildman–Crippen MR) is 75.2 cm³/mol. The number of aryl methyl sites for hydroxylation is 2. The second-order valence-electron chi connectivity index (χ2n) is 6.24. The molecule has 1 atom stereocenters. The van der Waals surface area contributed by atoms with E-state index in [2.05, 4.69) is 35.1 Å². The first-order valence-corrected chi connectivity index (χ1v) is 7.54. The van der Waals surface area contributed by atoms with Crippen LogP contribution in [0.2, 0.25) is 0 Å². The van der Waals surface area contributed by atoms with Crippen LogP contribution >= 0.6 is 0 Å². The third-order valence-corrected chi connectivity index (χ3v) is 4.47. The summed E-state index contributed by atoms with van der Waals surface area (Å²) in [6.07, 6.45) is 5.96. The largest absolute Gasteiger partial charge is 0.381 e. The van der Waals surface area contributed by atoms with E-state index >= 15 is 0 Å². The predicted octanol–water partition coefficient (Wildman–Crippen LogP) is 1.68. The highest BCUT2D eigenvalue weighted by Gasteiger charge is 2.37. The van der Waals surface area contributed by atoms with Crippen molar-refractivity contribution in [3.05, 3.63) is 17.5 Å². The zero-order valence-corrected chi connectivity index (χ0v) is 12.1. The van der Waals surface area contributed by atoms with Crippen LogP contribution in [0.25, 0.3) is 0 Å². The maximum Gasteiger partial charge on any atom is 0.0624 e. The molecule has 0 bridgehead atoms. The smallest absolute Gasteiger partial charge is 0.0624 e. The molecule has 0 spiro atoms. The molecule has 1 aromatic heterocycles. The van der Waals surface area contributed by atoms with E-state index in [-0.39, 0.29) is 5.41 Å². The van der Waals surface area contributed by atoms with Gasteiger partial charge < -0.3 is 10.1 Å². The minimum atomic E-state index is 0.279. The second kappa shape index (κ2) is 5.25. The summed E-state index contributed by atoms with van der Waals surface area (Å²) in [5, 5.41) is 8.26. The molecule has 1 saturated carbocycles. The van der Waals surface area contributed by atoms with Crippen LogP contribution in [-0.2, 0) is 24.6 Å².